The Morgan fingerprint density at radius 1 is 1.15 bits per heavy atom. The fourth-order valence-corrected chi connectivity index (χ4v) is 3.78. The van der Waals surface area contributed by atoms with E-state index in [0.29, 0.717) is 35.8 Å². The number of amides is 1. The van der Waals surface area contributed by atoms with Gasteiger partial charge in [0.05, 0.1) is 18.5 Å². The first-order valence-electron chi connectivity index (χ1n) is 10.8. The first kappa shape index (κ1) is 21.5. The molecule has 1 aromatic carbocycles. The summed E-state index contributed by atoms with van der Waals surface area (Å²) in [4.78, 5) is 28.4. The molecule has 176 valence electrons. The molecule has 4 aromatic rings. The standard InChI is InChI=1S/C22H24N8O4/c1-11(2)17(12-4-5-15-16(8-12)34-7-6-33-15)26-19-13-9-14(25-18(13)23-10-24-19)20(31)27-21-28-22(32-3)30-29-21/h4-5,8-11,17H,6-7H2,1-3H3,(H2,23,24,25,26)(H2,27,28,29,30,31)/t17-/m1/s1. The first-order chi connectivity index (χ1) is 16.5. The second kappa shape index (κ2) is 8.89. The number of hydrogen-bond acceptors (Lipinski definition) is 9. The maximum Gasteiger partial charge on any atom is 0.336 e. The number of hydrogen-bond donors (Lipinski definition) is 4. The van der Waals surface area contributed by atoms with Crippen LogP contribution < -0.4 is 24.8 Å². The van der Waals surface area contributed by atoms with Crippen molar-refractivity contribution in [2.45, 2.75) is 19.9 Å². The van der Waals surface area contributed by atoms with Crippen molar-refractivity contribution in [3.8, 4) is 17.5 Å². The highest BCUT2D eigenvalue weighted by atomic mass is 16.6. The summed E-state index contributed by atoms with van der Waals surface area (Å²) in [5.74, 6) is 2.07. The Balaban J connectivity index is 1.41. The molecule has 1 amide bonds. The van der Waals surface area contributed by atoms with Crippen molar-refractivity contribution in [1.82, 2.24) is 30.1 Å². The summed E-state index contributed by atoms with van der Waals surface area (Å²) in [7, 11) is 1.44. The molecule has 12 heteroatoms. The SMILES string of the molecule is COc1n[nH]c(NC(=O)c2cc3c(N[C@@H](c4ccc5c(c4)OCCO5)C(C)C)ncnc3[nH]2)n1. The van der Waals surface area contributed by atoms with Crippen LogP contribution in [0.3, 0.4) is 0 Å². The van der Waals surface area contributed by atoms with Crippen LogP contribution in [-0.2, 0) is 0 Å². The third-order valence-corrected chi connectivity index (χ3v) is 5.43. The summed E-state index contributed by atoms with van der Waals surface area (Å²) < 4.78 is 16.3. The van der Waals surface area contributed by atoms with Gasteiger partial charge in [-0.05, 0) is 29.7 Å². The zero-order chi connectivity index (χ0) is 23.7. The van der Waals surface area contributed by atoms with Crippen LogP contribution in [0, 0.1) is 5.92 Å². The number of nitrogens with one attached hydrogen (secondary N) is 4. The van der Waals surface area contributed by atoms with E-state index >= 15 is 0 Å². The number of carbonyl (C=O) groups excluding carboxylic acids is 1. The number of H-pyrrole nitrogens is 2. The van der Waals surface area contributed by atoms with E-state index in [1.807, 2.05) is 18.2 Å². The lowest BCUT2D eigenvalue weighted by molar-refractivity contribution is 0.102. The van der Waals surface area contributed by atoms with Gasteiger partial charge >= 0.3 is 6.01 Å². The van der Waals surface area contributed by atoms with E-state index in [2.05, 4.69) is 54.6 Å². The Morgan fingerprint density at radius 3 is 2.74 bits per heavy atom. The monoisotopic (exact) mass is 464 g/mol. The summed E-state index contributed by atoms with van der Waals surface area (Å²) in [6, 6.07) is 7.69. The highest BCUT2D eigenvalue weighted by Gasteiger charge is 2.22. The molecule has 4 N–H and O–H groups in total. The summed E-state index contributed by atoms with van der Waals surface area (Å²) in [5, 5.41) is 13.2. The fourth-order valence-electron chi connectivity index (χ4n) is 3.78. The molecular formula is C22H24N8O4. The van der Waals surface area contributed by atoms with Crippen molar-refractivity contribution in [3.05, 3.63) is 41.9 Å². The van der Waals surface area contributed by atoms with Crippen molar-refractivity contribution in [1.29, 1.82) is 0 Å². The maximum absolute atomic E-state index is 12.7. The number of benzene rings is 1. The van der Waals surface area contributed by atoms with Crippen molar-refractivity contribution in [2.75, 3.05) is 31.0 Å². The van der Waals surface area contributed by atoms with E-state index in [1.165, 1.54) is 13.4 Å². The summed E-state index contributed by atoms with van der Waals surface area (Å²) >= 11 is 0. The van der Waals surface area contributed by atoms with Crippen molar-refractivity contribution in [2.24, 2.45) is 5.92 Å². The van der Waals surface area contributed by atoms with Gasteiger partial charge in [-0.15, -0.1) is 5.10 Å². The van der Waals surface area contributed by atoms with Crippen LogP contribution in [0.2, 0.25) is 0 Å². The largest absolute Gasteiger partial charge is 0.486 e. The van der Waals surface area contributed by atoms with Crippen LogP contribution >= 0.6 is 0 Å². The lowest BCUT2D eigenvalue weighted by Gasteiger charge is -2.26. The zero-order valence-corrected chi connectivity index (χ0v) is 18.9. The fraction of sp³-hybridized carbons (Fsp3) is 0.318. The first-order valence-corrected chi connectivity index (χ1v) is 10.8. The molecule has 34 heavy (non-hydrogen) atoms. The molecule has 0 spiro atoms. The highest BCUT2D eigenvalue weighted by Crippen LogP contribution is 2.36. The molecule has 12 nitrogen and oxygen atoms in total. The van der Waals surface area contributed by atoms with E-state index in [0.717, 1.165) is 17.1 Å². The zero-order valence-electron chi connectivity index (χ0n) is 18.9. The molecule has 0 aliphatic carbocycles. The molecule has 0 fully saturated rings. The van der Waals surface area contributed by atoms with Gasteiger partial charge in [0, 0.05) is 0 Å². The lowest BCUT2D eigenvalue weighted by Crippen LogP contribution is -2.19. The van der Waals surface area contributed by atoms with Crippen molar-refractivity contribution < 1.29 is 19.0 Å². The topological polar surface area (TPSA) is 152 Å². The summed E-state index contributed by atoms with van der Waals surface area (Å²) in [6.45, 7) is 5.31. The van der Waals surface area contributed by atoms with Gasteiger partial charge in [-0.2, -0.15) is 4.98 Å². The van der Waals surface area contributed by atoms with Crippen LogP contribution in [0.25, 0.3) is 11.0 Å². The molecular weight excluding hydrogens is 440 g/mol. The van der Waals surface area contributed by atoms with E-state index in [9.17, 15) is 4.79 Å². The number of fused-ring (bicyclic) bond motifs is 2. The third kappa shape index (κ3) is 4.17. The molecule has 4 heterocycles. The number of ether oxygens (including phenoxy) is 3. The van der Waals surface area contributed by atoms with Gasteiger partial charge in [0.2, 0.25) is 5.95 Å². The van der Waals surface area contributed by atoms with E-state index < -0.39 is 5.91 Å². The van der Waals surface area contributed by atoms with Gasteiger partial charge in [0.1, 0.15) is 36.7 Å². The Hall–Kier alpha value is -4.35. The normalized spacial score (nSPS) is 13.6. The average molecular weight is 464 g/mol. The van der Waals surface area contributed by atoms with Gasteiger partial charge in [-0.1, -0.05) is 19.9 Å². The predicted octanol–water partition coefficient (Wildman–Crippen LogP) is 2.92. The molecule has 1 aliphatic heterocycles. The van der Waals surface area contributed by atoms with Crippen molar-refractivity contribution >= 4 is 28.7 Å². The minimum atomic E-state index is -0.407. The average Bonchev–Trinajstić information content (AvgIpc) is 3.49. The van der Waals surface area contributed by atoms with Gasteiger partial charge in [0.25, 0.3) is 5.91 Å². The maximum atomic E-state index is 12.7. The summed E-state index contributed by atoms with van der Waals surface area (Å²) in [5.41, 5.74) is 1.87. The van der Waals surface area contributed by atoms with Gasteiger partial charge in [-0.25, -0.2) is 15.1 Å². The van der Waals surface area contributed by atoms with E-state index in [4.69, 9.17) is 14.2 Å². The van der Waals surface area contributed by atoms with E-state index in [1.54, 1.807) is 6.07 Å². The predicted molar refractivity (Wildman–Crippen MR) is 123 cm³/mol. The molecule has 1 aliphatic rings. The summed E-state index contributed by atoms with van der Waals surface area (Å²) in [6.07, 6.45) is 1.45. The van der Waals surface area contributed by atoms with Gasteiger partial charge in [0.15, 0.2) is 11.5 Å². The smallest absolute Gasteiger partial charge is 0.336 e. The Morgan fingerprint density at radius 2 is 1.97 bits per heavy atom. The number of methoxy groups -OCH3 is 1. The number of rotatable bonds is 7. The number of carbonyl (C=O) groups is 1. The number of anilines is 2. The number of nitrogens with zero attached hydrogens (tertiary/aromatic N) is 4. The van der Waals surface area contributed by atoms with Crippen LogP contribution in [0.1, 0.15) is 35.9 Å². The Labute approximate surface area is 194 Å². The molecule has 5 rings (SSSR count). The molecule has 1 atom stereocenters. The molecule has 3 aromatic heterocycles. The van der Waals surface area contributed by atoms with E-state index in [-0.39, 0.29) is 23.9 Å². The van der Waals surface area contributed by atoms with Crippen molar-refractivity contribution in [3.63, 3.8) is 0 Å². The highest BCUT2D eigenvalue weighted by molar-refractivity contribution is 6.06. The number of aromatic nitrogens is 6. The molecule has 0 bridgehead atoms. The molecule has 0 saturated carbocycles. The molecule has 0 saturated heterocycles. The number of aromatic amines is 2. The Kier molecular flexibility index (Phi) is 5.62. The minimum Gasteiger partial charge on any atom is -0.486 e. The lowest BCUT2D eigenvalue weighted by atomic mass is 9.95. The second-order valence-corrected chi connectivity index (χ2v) is 8.06. The third-order valence-electron chi connectivity index (χ3n) is 5.43. The minimum absolute atomic E-state index is 0.0669. The van der Waals surface area contributed by atoms with Crippen LogP contribution in [0.4, 0.5) is 11.8 Å². The molecule has 0 unspecified atom stereocenters. The van der Waals surface area contributed by atoms with Gasteiger partial charge < -0.3 is 24.5 Å². The van der Waals surface area contributed by atoms with Gasteiger partial charge in [-0.3, -0.25) is 10.1 Å². The van der Waals surface area contributed by atoms with Crippen LogP contribution in [0.15, 0.2) is 30.6 Å². The van der Waals surface area contributed by atoms with Crippen LogP contribution in [0.5, 0.6) is 17.5 Å². The molecule has 0 radical (unpaired) electrons. The van der Waals surface area contributed by atoms with Crippen LogP contribution in [-0.4, -0.2) is 56.4 Å². The quantitative estimate of drug-likeness (QED) is 0.323. The Bertz CT molecular complexity index is 1330. The second-order valence-electron chi connectivity index (χ2n) is 8.06.